The van der Waals surface area contributed by atoms with Gasteiger partial charge in [0.15, 0.2) is 6.23 Å². The molecule has 3 nitrogen and oxygen atoms in total. The third-order valence-electron chi connectivity index (χ3n) is 1.80. The van der Waals surface area contributed by atoms with E-state index in [4.69, 9.17) is 4.74 Å². The Morgan fingerprint density at radius 2 is 2.25 bits per heavy atom. The van der Waals surface area contributed by atoms with Gasteiger partial charge in [-0.05, 0) is 12.1 Å². The van der Waals surface area contributed by atoms with Crippen LogP contribution in [0.25, 0.3) is 0 Å². The highest BCUT2D eigenvalue weighted by Gasteiger charge is 2.10. The number of nitrogens with zero attached hydrogens (tertiary/aromatic N) is 1. The van der Waals surface area contributed by atoms with E-state index in [2.05, 4.69) is 10.3 Å². The van der Waals surface area contributed by atoms with Gasteiger partial charge in [-0.2, -0.15) is 0 Å². The highest BCUT2D eigenvalue weighted by molar-refractivity contribution is 5.81. The summed E-state index contributed by atoms with van der Waals surface area (Å²) in [7, 11) is 1.65. The average Bonchev–Trinajstić information content (AvgIpc) is 2.17. The van der Waals surface area contributed by atoms with Gasteiger partial charge in [0.25, 0.3) is 0 Å². The molecule has 0 saturated heterocycles. The first kappa shape index (κ1) is 7.31. The molecule has 1 aliphatic rings. The van der Waals surface area contributed by atoms with Crippen molar-refractivity contribution >= 4 is 17.6 Å². The summed E-state index contributed by atoms with van der Waals surface area (Å²) in [6.45, 7) is 0. The Kier molecular flexibility index (Phi) is 1.80. The maximum Gasteiger partial charge on any atom is 0.163 e. The minimum Gasteiger partial charge on any atom is -0.356 e. The summed E-state index contributed by atoms with van der Waals surface area (Å²) in [6.07, 6.45) is 1.65. The van der Waals surface area contributed by atoms with E-state index in [1.807, 2.05) is 24.3 Å². The summed E-state index contributed by atoms with van der Waals surface area (Å²) in [5, 5.41) is 3.18. The number of hydrogen-bond acceptors (Lipinski definition) is 3. The maximum atomic E-state index is 5.09. The van der Waals surface area contributed by atoms with Gasteiger partial charge in [0.05, 0.1) is 17.6 Å². The molecule has 1 unspecified atom stereocenters. The number of rotatable bonds is 1. The number of aliphatic imine (C=N–C) groups is 1. The quantitative estimate of drug-likeness (QED) is 0.683. The van der Waals surface area contributed by atoms with Crippen LogP contribution in [0.15, 0.2) is 29.3 Å². The largest absolute Gasteiger partial charge is 0.356 e. The third kappa shape index (κ3) is 1.19. The molecule has 3 heteroatoms. The van der Waals surface area contributed by atoms with Crippen LogP contribution in [0.2, 0.25) is 0 Å². The predicted molar refractivity (Wildman–Crippen MR) is 49.0 cm³/mol. The van der Waals surface area contributed by atoms with Gasteiger partial charge >= 0.3 is 0 Å². The van der Waals surface area contributed by atoms with Crippen molar-refractivity contribution in [1.82, 2.24) is 0 Å². The van der Waals surface area contributed by atoms with Gasteiger partial charge in [0.2, 0.25) is 0 Å². The Balaban J connectivity index is 2.33. The van der Waals surface area contributed by atoms with E-state index >= 15 is 0 Å². The summed E-state index contributed by atoms with van der Waals surface area (Å²) < 4.78 is 5.09. The zero-order valence-corrected chi connectivity index (χ0v) is 6.82. The highest BCUT2D eigenvalue weighted by atomic mass is 16.5. The Morgan fingerprint density at radius 3 is 3.08 bits per heavy atom. The van der Waals surface area contributed by atoms with Crippen LogP contribution >= 0.6 is 0 Å². The van der Waals surface area contributed by atoms with Crippen LogP contribution in [0, 0.1) is 0 Å². The molecule has 62 valence electrons. The molecule has 0 aliphatic carbocycles. The van der Waals surface area contributed by atoms with Gasteiger partial charge in [-0.3, -0.25) is 4.99 Å². The fourth-order valence-electron chi connectivity index (χ4n) is 1.17. The predicted octanol–water partition coefficient (Wildman–Crippen LogP) is 1.79. The van der Waals surface area contributed by atoms with E-state index in [1.165, 1.54) is 0 Å². The molecule has 0 saturated carbocycles. The number of anilines is 1. The number of nitrogens with one attached hydrogen (secondary N) is 1. The molecule has 0 bridgehead atoms. The standard InChI is InChI=1S/C9H10N2O/c1-12-9-6-10-7-4-2-3-5-8(7)11-9/h2-6,9,11H,1H3. The van der Waals surface area contributed by atoms with Crippen molar-refractivity contribution in [2.24, 2.45) is 4.99 Å². The van der Waals surface area contributed by atoms with E-state index < -0.39 is 0 Å². The lowest BCUT2D eigenvalue weighted by atomic mass is 10.2. The second-order valence-electron chi connectivity index (χ2n) is 2.60. The lowest BCUT2D eigenvalue weighted by Gasteiger charge is -2.19. The fourth-order valence-corrected chi connectivity index (χ4v) is 1.17. The van der Waals surface area contributed by atoms with Crippen molar-refractivity contribution in [2.45, 2.75) is 6.23 Å². The number of ether oxygens (including phenoxy) is 1. The van der Waals surface area contributed by atoms with Gasteiger partial charge in [-0.1, -0.05) is 12.1 Å². The summed E-state index contributed by atoms with van der Waals surface area (Å²) in [5.74, 6) is 0. The van der Waals surface area contributed by atoms with Crippen molar-refractivity contribution in [1.29, 1.82) is 0 Å². The third-order valence-corrected chi connectivity index (χ3v) is 1.80. The van der Waals surface area contributed by atoms with E-state index in [9.17, 15) is 0 Å². The molecule has 1 aliphatic heterocycles. The summed E-state index contributed by atoms with van der Waals surface area (Å²) in [5.41, 5.74) is 1.98. The molecular weight excluding hydrogens is 152 g/mol. The molecule has 1 atom stereocenters. The maximum absolute atomic E-state index is 5.09. The molecule has 2 rings (SSSR count). The van der Waals surface area contributed by atoms with Gasteiger partial charge in [-0.15, -0.1) is 0 Å². The summed E-state index contributed by atoms with van der Waals surface area (Å²) in [4.78, 5) is 4.23. The molecule has 1 aromatic rings. The zero-order valence-electron chi connectivity index (χ0n) is 6.82. The minimum absolute atomic E-state index is 0.0973. The van der Waals surface area contributed by atoms with Crippen LogP contribution in [0.1, 0.15) is 0 Å². The Hall–Kier alpha value is -1.35. The number of methoxy groups -OCH3 is 1. The van der Waals surface area contributed by atoms with E-state index in [0.29, 0.717) is 0 Å². The monoisotopic (exact) mass is 162 g/mol. The summed E-state index contributed by atoms with van der Waals surface area (Å²) in [6, 6.07) is 7.88. The lowest BCUT2D eigenvalue weighted by Crippen LogP contribution is -2.25. The topological polar surface area (TPSA) is 33.6 Å². The van der Waals surface area contributed by atoms with Gasteiger partial charge in [-0.25, -0.2) is 0 Å². The normalized spacial score (nSPS) is 19.9. The smallest absolute Gasteiger partial charge is 0.163 e. The van der Waals surface area contributed by atoms with Crippen molar-refractivity contribution in [3.05, 3.63) is 24.3 Å². The molecule has 0 radical (unpaired) electrons. The molecule has 1 heterocycles. The molecule has 12 heavy (non-hydrogen) atoms. The average molecular weight is 162 g/mol. The van der Waals surface area contributed by atoms with Crippen LogP contribution in [-0.4, -0.2) is 19.6 Å². The van der Waals surface area contributed by atoms with E-state index in [1.54, 1.807) is 13.3 Å². The number of fused-ring (bicyclic) bond motifs is 1. The number of para-hydroxylation sites is 2. The molecule has 0 amide bonds. The van der Waals surface area contributed by atoms with Crippen molar-refractivity contribution < 1.29 is 4.74 Å². The van der Waals surface area contributed by atoms with Crippen LogP contribution in [-0.2, 0) is 4.74 Å². The Bertz CT molecular complexity index is 309. The molecular formula is C9H10N2O. The Morgan fingerprint density at radius 1 is 1.42 bits per heavy atom. The molecule has 0 spiro atoms. The van der Waals surface area contributed by atoms with Crippen LogP contribution in [0.4, 0.5) is 11.4 Å². The molecule has 1 N–H and O–H groups in total. The first-order valence-electron chi connectivity index (χ1n) is 3.83. The molecule has 0 aromatic heterocycles. The molecule has 0 fully saturated rings. The molecule has 1 aromatic carbocycles. The van der Waals surface area contributed by atoms with Gasteiger partial charge in [0, 0.05) is 7.11 Å². The van der Waals surface area contributed by atoms with Crippen molar-refractivity contribution in [3.8, 4) is 0 Å². The highest BCUT2D eigenvalue weighted by Crippen LogP contribution is 2.27. The van der Waals surface area contributed by atoms with E-state index in [0.717, 1.165) is 11.4 Å². The Labute approximate surface area is 71.1 Å². The SMILES string of the molecule is COC1C=Nc2ccccc2N1. The van der Waals surface area contributed by atoms with Crippen LogP contribution in [0.5, 0.6) is 0 Å². The number of benzene rings is 1. The second kappa shape index (κ2) is 2.95. The fraction of sp³-hybridized carbons (Fsp3) is 0.222. The van der Waals surface area contributed by atoms with Gasteiger partial charge < -0.3 is 10.1 Å². The summed E-state index contributed by atoms with van der Waals surface area (Å²) >= 11 is 0. The van der Waals surface area contributed by atoms with Crippen molar-refractivity contribution in [3.63, 3.8) is 0 Å². The van der Waals surface area contributed by atoms with Crippen molar-refractivity contribution in [2.75, 3.05) is 12.4 Å². The van der Waals surface area contributed by atoms with E-state index in [-0.39, 0.29) is 6.23 Å². The van der Waals surface area contributed by atoms with Gasteiger partial charge in [0.1, 0.15) is 0 Å². The zero-order chi connectivity index (χ0) is 8.39. The first-order chi connectivity index (χ1) is 5.90. The lowest BCUT2D eigenvalue weighted by molar-refractivity contribution is 0.180. The number of hydrogen-bond donors (Lipinski definition) is 1. The second-order valence-corrected chi connectivity index (χ2v) is 2.60. The first-order valence-corrected chi connectivity index (χ1v) is 3.83. The van der Waals surface area contributed by atoms with Crippen LogP contribution < -0.4 is 5.32 Å². The minimum atomic E-state index is -0.0973. The van der Waals surface area contributed by atoms with Crippen LogP contribution in [0.3, 0.4) is 0 Å².